The van der Waals surface area contributed by atoms with Crippen LogP contribution in [0.15, 0.2) is 44.7 Å². The number of ether oxygens (including phenoxy) is 2. The second kappa shape index (κ2) is 7.00. The van der Waals surface area contributed by atoms with Crippen LogP contribution in [0, 0.1) is 10.1 Å². The number of nitro groups is 1. The normalized spacial score (nSPS) is 11.4. The molecule has 1 aromatic carbocycles. The number of hydrazone groups is 1. The molecule has 0 radical (unpaired) electrons. The smallest absolute Gasteiger partial charge is 0.433 e. The molecule has 0 spiro atoms. The third-order valence-electron chi connectivity index (χ3n) is 2.82. The van der Waals surface area contributed by atoms with Crippen LogP contribution >= 0.6 is 0 Å². The van der Waals surface area contributed by atoms with Crippen LogP contribution in [0.2, 0.25) is 0 Å². The van der Waals surface area contributed by atoms with Crippen LogP contribution in [0.4, 0.5) is 5.88 Å². The molecule has 0 aliphatic carbocycles. The summed E-state index contributed by atoms with van der Waals surface area (Å²) in [5.41, 5.74) is 0. The quantitative estimate of drug-likeness (QED) is 0.452. The van der Waals surface area contributed by atoms with E-state index in [0.717, 1.165) is 12.3 Å². The molecule has 128 valence electrons. The van der Waals surface area contributed by atoms with Crippen molar-refractivity contribution in [3.8, 4) is 11.5 Å². The molecule has 1 heterocycles. The van der Waals surface area contributed by atoms with E-state index in [4.69, 9.17) is 13.9 Å². The fourth-order valence-electron chi connectivity index (χ4n) is 1.71. The Morgan fingerprint density at radius 3 is 2.58 bits per heavy atom. The van der Waals surface area contributed by atoms with E-state index in [0.29, 0.717) is 5.75 Å². The molecule has 10 nitrogen and oxygen atoms in total. The van der Waals surface area contributed by atoms with Crippen LogP contribution in [0.25, 0.3) is 0 Å². The predicted molar refractivity (Wildman–Crippen MR) is 82.8 cm³/mol. The zero-order chi connectivity index (χ0) is 17.7. The zero-order valence-electron chi connectivity index (χ0n) is 12.6. The van der Waals surface area contributed by atoms with Crippen LogP contribution in [0.5, 0.6) is 11.5 Å². The second-order valence-electron chi connectivity index (χ2n) is 4.30. The van der Waals surface area contributed by atoms with Gasteiger partial charge in [-0.15, -0.1) is 0 Å². The Labute approximate surface area is 136 Å². The van der Waals surface area contributed by atoms with Gasteiger partial charge in [-0.1, -0.05) is 0 Å². The molecular formula is C13H13N3O7S. The average Bonchev–Trinajstić information content (AvgIpc) is 3.03. The van der Waals surface area contributed by atoms with Crippen molar-refractivity contribution < 1.29 is 27.2 Å². The van der Waals surface area contributed by atoms with Gasteiger partial charge in [-0.05, 0) is 18.2 Å². The molecule has 0 saturated heterocycles. The maximum atomic E-state index is 12.3. The van der Waals surface area contributed by atoms with Gasteiger partial charge in [-0.2, -0.15) is 18.4 Å². The van der Waals surface area contributed by atoms with E-state index in [9.17, 15) is 18.5 Å². The van der Waals surface area contributed by atoms with Gasteiger partial charge < -0.3 is 13.9 Å². The highest BCUT2D eigenvalue weighted by atomic mass is 32.2. The monoisotopic (exact) mass is 355 g/mol. The number of benzene rings is 1. The standard InChI is InChI=1S/C13H13N3O7S/c1-21-9-3-5-11(22-2)12(7-9)24(19,20)15-14-8-10-4-6-13(23-10)16(17)18/h3-8,15H,1-2H3. The van der Waals surface area contributed by atoms with E-state index in [-0.39, 0.29) is 16.4 Å². The molecule has 1 aromatic heterocycles. The van der Waals surface area contributed by atoms with Crippen LogP contribution in [-0.2, 0) is 10.0 Å². The summed E-state index contributed by atoms with van der Waals surface area (Å²) in [5.74, 6) is -0.0373. The Kier molecular flexibility index (Phi) is 5.04. The van der Waals surface area contributed by atoms with Crippen molar-refractivity contribution in [2.24, 2.45) is 5.10 Å². The summed E-state index contributed by atoms with van der Waals surface area (Å²) in [6.45, 7) is 0. The minimum absolute atomic E-state index is 0.0157. The average molecular weight is 355 g/mol. The SMILES string of the molecule is COc1ccc(OC)c(S(=O)(=O)NN=Cc2ccc([N+](=O)[O-])o2)c1. The predicted octanol–water partition coefficient (Wildman–Crippen LogP) is 1.52. The second-order valence-corrected chi connectivity index (χ2v) is 5.93. The molecule has 24 heavy (non-hydrogen) atoms. The Morgan fingerprint density at radius 2 is 2.00 bits per heavy atom. The molecule has 0 bridgehead atoms. The Bertz CT molecular complexity index is 873. The van der Waals surface area contributed by atoms with Crippen LogP contribution in [0.3, 0.4) is 0 Å². The summed E-state index contributed by atoms with van der Waals surface area (Å²) < 4.78 is 39.4. The van der Waals surface area contributed by atoms with Gasteiger partial charge in [0.25, 0.3) is 10.0 Å². The molecule has 0 fully saturated rings. The molecule has 0 saturated carbocycles. The molecule has 0 aliphatic rings. The van der Waals surface area contributed by atoms with Gasteiger partial charge in [0, 0.05) is 6.07 Å². The minimum atomic E-state index is -4.04. The Morgan fingerprint density at radius 1 is 1.25 bits per heavy atom. The fraction of sp³-hybridized carbons (Fsp3) is 0.154. The third-order valence-corrected chi connectivity index (χ3v) is 4.06. The van der Waals surface area contributed by atoms with Crippen molar-refractivity contribution in [3.05, 3.63) is 46.2 Å². The summed E-state index contributed by atoms with van der Waals surface area (Å²) >= 11 is 0. The summed E-state index contributed by atoms with van der Waals surface area (Å²) in [4.78, 5) is 11.6. The van der Waals surface area contributed by atoms with E-state index in [2.05, 4.69) is 5.10 Å². The number of hydrogen-bond acceptors (Lipinski definition) is 8. The van der Waals surface area contributed by atoms with E-state index >= 15 is 0 Å². The molecule has 2 rings (SSSR count). The van der Waals surface area contributed by atoms with Crippen LogP contribution in [0.1, 0.15) is 5.76 Å². The maximum absolute atomic E-state index is 12.3. The lowest BCUT2D eigenvalue weighted by Crippen LogP contribution is -2.19. The fourth-order valence-corrected chi connectivity index (χ4v) is 2.69. The molecule has 0 atom stereocenters. The number of nitrogens with zero attached hydrogens (tertiary/aromatic N) is 2. The largest absolute Gasteiger partial charge is 0.497 e. The summed E-state index contributed by atoms with van der Waals surface area (Å²) in [6, 6.07) is 6.66. The topological polar surface area (TPSA) is 133 Å². The highest BCUT2D eigenvalue weighted by molar-refractivity contribution is 7.89. The van der Waals surface area contributed by atoms with Gasteiger partial charge in [0.2, 0.25) is 0 Å². The van der Waals surface area contributed by atoms with Gasteiger partial charge in [-0.3, -0.25) is 10.1 Å². The number of furan rings is 1. The third kappa shape index (κ3) is 3.81. The first-order valence-electron chi connectivity index (χ1n) is 6.38. The van der Waals surface area contributed by atoms with Gasteiger partial charge in [-0.25, -0.2) is 0 Å². The van der Waals surface area contributed by atoms with Crippen molar-refractivity contribution in [1.82, 2.24) is 4.83 Å². The lowest BCUT2D eigenvalue weighted by atomic mass is 10.3. The summed E-state index contributed by atoms with van der Waals surface area (Å²) in [5, 5.41) is 14.0. The highest BCUT2D eigenvalue weighted by Crippen LogP contribution is 2.27. The van der Waals surface area contributed by atoms with Crippen molar-refractivity contribution in [2.45, 2.75) is 4.90 Å². The number of methoxy groups -OCH3 is 2. The minimum Gasteiger partial charge on any atom is -0.497 e. The van der Waals surface area contributed by atoms with Gasteiger partial charge in [0.15, 0.2) is 5.76 Å². The highest BCUT2D eigenvalue weighted by Gasteiger charge is 2.20. The Balaban J connectivity index is 2.21. The zero-order valence-corrected chi connectivity index (χ0v) is 13.4. The van der Waals surface area contributed by atoms with Crippen LogP contribution < -0.4 is 14.3 Å². The van der Waals surface area contributed by atoms with E-state index in [1.807, 2.05) is 4.83 Å². The van der Waals surface area contributed by atoms with Gasteiger partial charge in [0.1, 0.15) is 21.3 Å². The van der Waals surface area contributed by atoms with Crippen molar-refractivity contribution in [2.75, 3.05) is 14.2 Å². The van der Waals surface area contributed by atoms with Crippen molar-refractivity contribution in [1.29, 1.82) is 0 Å². The lowest BCUT2D eigenvalue weighted by Gasteiger charge is -2.10. The lowest BCUT2D eigenvalue weighted by molar-refractivity contribution is -0.402. The van der Waals surface area contributed by atoms with Gasteiger partial charge >= 0.3 is 5.88 Å². The Hall–Kier alpha value is -3.08. The molecule has 11 heteroatoms. The number of nitrogens with one attached hydrogen (secondary N) is 1. The molecule has 0 aliphatic heterocycles. The molecular weight excluding hydrogens is 342 g/mol. The number of rotatable bonds is 7. The first kappa shape index (κ1) is 17.3. The molecule has 0 unspecified atom stereocenters. The maximum Gasteiger partial charge on any atom is 0.433 e. The van der Waals surface area contributed by atoms with Crippen molar-refractivity contribution >= 4 is 22.1 Å². The molecule has 1 N–H and O–H groups in total. The summed E-state index contributed by atoms with van der Waals surface area (Å²) in [6.07, 6.45) is 0.997. The van der Waals surface area contributed by atoms with Crippen LogP contribution in [-0.4, -0.2) is 33.8 Å². The van der Waals surface area contributed by atoms with E-state index in [1.165, 1.54) is 32.4 Å². The van der Waals surface area contributed by atoms with Gasteiger partial charge in [0.05, 0.1) is 26.5 Å². The number of hydrogen-bond donors (Lipinski definition) is 1. The van der Waals surface area contributed by atoms with Crippen molar-refractivity contribution in [3.63, 3.8) is 0 Å². The number of sulfonamides is 1. The van der Waals surface area contributed by atoms with E-state index < -0.39 is 20.8 Å². The molecule has 2 aromatic rings. The first-order chi connectivity index (χ1) is 11.4. The van der Waals surface area contributed by atoms with E-state index in [1.54, 1.807) is 6.07 Å². The molecule has 0 amide bonds. The first-order valence-corrected chi connectivity index (χ1v) is 7.87. The summed E-state index contributed by atoms with van der Waals surface area (Å²) in [7, 11) is -1.32.